The van der Waals surface area contributed by atoms with Crippen LogP contribution in [0.15, 0.2) is 67.0 Å². The number of hydrogen-bond acceptors (Lipinski definition) is 3. The van der Waals surface area contributed by atoms with Gasteiger partial charge in [-0.1, -0.05) is 42.5 Å². The highest BCUT2D eigenvalue weighted by Crippen LogP contribution is 2.29. The van der Waals surface area contributed by atoms with Crippen LogP contribution in [0, 0.1) is 0 Å². The molecule has 0 aliphatic rings. The summed E-state index contributed by atoms with van der Waals surface area (Å²) in [5.41, 5.74) is 1.39. The maximum Gasteiger partial charge on any atom is 0.416 e. The summed E-state index contributed by atoms with van der Waals surface area (Å²) in [7, 11) is 0. The number of carbonyl (C=O) groups excluding carboxylic acids is 2. The second-order valence-corrected chi connectivity index (χ2v) is 6.46. The lowest BCUT2D eigenvalue weighted by atomic mass is 10.0. The summed E-state index contributed by atoms with van der Waals surface area (Å²) in [6.07, 6.45) is 1.98. The van der Waals surface area contributed by atoms with Crippen molar-refractivity contribution >= 4 is 17.6 Å². The average molecular weight is 398 g/mol. The van der Waals surface area contributed by atoms with Gasteiger partial charge in [0.1, 0.15) is 5.78 Å². The van der Waals surface area contributed by atoms with E-state index >= 15 is 0 Å². The summed E-state index contributed by atoms with van der Waals surface area (Å²) in [5.74, 6) is -0.0847. The number of imidazole rings is 1. The van der Waals surface area contributed by atoms with Crippen molar-refractivity contribution in [1.29, 1.82) is 0 Å². The van der Waals surface area contributed by atoms with Gasteiger partial charge in [0.2, 0.25) is 5.78 Å². The topological polar surface area (TPSA) is 62.8 Å². The number of allylic oxidation sites excluding steroid dienone is 1. The molecule has 0 fully saturated rings. The van der Waals surface area contributed by atoms with Crippen LogP contribution in [0.4, 0.5) is 13.2 Å². The zero-order chi connectivity index (χ0) is 20.9. The fourth-order valence-electron chi connectivity index (χ4n) is 2.73. The zero-order valence-electron chi connectivity index (χ0n) is 15.2. The first-order chi connectivity index (χ1) is 13.8. The van der Waals surface area contributed by atoms with Gasteiger partial charge in [-0.25, -0.2) is 4.98 Å². The molecule has 0 atom stereocenters. The van der Waals surface area contributed by atoms with Crippen LogP contribution >= 0.6 is 0 Å². The lowest BCUT2D eigenvalue weighted by Crippen LogP contribution is -2.08. The molecule has 0 bridgehead atoms. The first-order valence-corrected chi connectivity index (χ1v) is 8.80. The minimum absolute atomic E-state index is 0.0669. The lowest BCUT2D eigenvalue weighted by Gasteiger charge is -2.07. The number of aromatic nitrogens is 2. The molecule has 0 saturated heterocycles. The van der Waals surface area contributed by atoms with Gasteiger partial charge < -0.3 is 4.98 Å². The maximum absolute atomic E-state index is 12.6. The second kappa shape index (κ2) is 8.68. The van der Waals surface area contributed by atoms with Gasteiger partial charge in [-0.15, -0.1) is 0 Å². The predicted molar refractivity (Wildman–Crippen MR) is 102 cm³/mol. The molecule has 3 rings (SSSR count). The largest absolute Gasteiger partial charge is 0.416 e. The Hall–Kier alpha value is -3.48. The number of alkyl halides is 3. The summed E-state index contributed by atoms with van der Waals surface area (Å²) < 4.78 is 37.7. The lowest BCUT2D eigenvalue weighted by molar-refractivity contribution is -0.137. The highest BCUT2D eigenvalue weighted by molar-refractivity contribution is 6.04. The predicted octanol–water partition coefficient (Wildman–Crippen LogP) is 4.68. The number of ketones is 2. The van der Waals surface area contributed by atoms with Crippen LogP contribution in [0.2, 0.25) is 0 Å². The molecule has 0 saturated carbocycles. The number of Topliss-reactive ketones (excluding diaryl/α,β-unsaturated/α-hetero) is 1. The minimum Gasteiger partial charge on any atom is -0.342 e. The number of benzene rings is 2. The van der Waals surface area contributed by atoms with Crippen LogP contribution in [0.3, 0.4) is 0 Å². The average Bonchev–Trinajstić information content (AvgIpc) is 3.22. The van der Waals surface area contributed by atoms with E-state index < -0.39 is 11.7 Å². The molecular formula is C22H17F3N2O2. The van der Waals surface area contributed by atoms with E-state index in [4.69, 9.17) is 0 Å². The smallest absolute Gasteiger partial charge is 0.342 e. The van der Waals surface area contributed by atoms with Gasteiger partial charge in [-0.3, -0.25) is 9.59 Å². The first kappa shape index (κ1) is 20.3. The summed E-state index contributed by atoms with van der Waals surface area (Å²) in [6, 6.07) is 11.7. The molecule has 2 aromatic carbocycles. The molecule has 0 spiro atoms. The van der Waals surface area contributed by atoms with Crippen LogP contribution in [0.5, 0.6) is 0 Å². The van der Waals surface area contributed by atoms with Gasteiger partial charge >= 0.3 is 6.18 Å². The molecule has 0 aliphatic heterocycles. The molecule has 0 amide bonds. The first-order valence-electron chi connectivity index (χ1n) is 8.80. The normalized spacial score (nSPS) is 11.7. The summed E-state index contributed by atoms with van der Waals surface area (Å²) in [4.78, 5) is 30.7. The third-order valence-electron chi connectivity index (χ3n) is 4.22. The molecule has 29 heavy (non-hydrogen) atoms. The van der Waals surface area contributed by atoms with E-state index in [-0.39, 0.29) is 30.2 Å². The van der Waals surface area contributed by atoms with Gasteiger partial charge in [0, 0.05) is 25.2 Å². The molecule has 3 aromatic rings. The molecular weight excluding hydrogens is 381 g/mol. The van der Waals surface area contributed by atoms with Crippen molar-refractivity contribution in [3.05, 3.63) is 95.1 Å². The van der Waals surface area contributed by atoms with Crippen molar-refractivity contribution in [2.75, 3.05) is 0 Å². The Morgan fingerprint density at radius 2 is 1.52 bits per heavy atom. The second-order valence-electron chi connectivity index (χ2n) is 6.46. The van der Waals surface area contributed by atoms with Crippen LogP contribution in [0.1, 0.15) is 32.9 Å². The van der Waals surface area contributed by atoms with Crippen LogP contribution in [-0.4, -0.2) is 21.5 Å². The van der Waals surface area contributed by atoms with Gasteiger partial charge in [-0.05, 0) is 34.9 Å². The molecule has 7 heteroatoms. The maximum atomic E-state index is 12.6. The van der Waals surface area contributed by atoms with Gasteiger partial charge in [0.25, 0.3) is 0 Å². The van der Waals surface area contributed by atoms with Crippen LogP contribution < -0.4 is 0 Å². The van der Waals surface area contributed by atoms with Gasteiger partial charge in [0.15, 0.2) is 5.82 Å². The van der Waals surface area contributed by atoms with Crippen molar-refractivity contribution in [2.24, 2.45) is 0 Å². The quantitative estimate of drug-likeness (QED) is 0.464. The summed E-state index contributed by atoms with van der Waals surface area (Å²) in [5, 5.41) is 0. The standard InChI is InChI=1S/C22H17F3N2O2/c23-22(24,25)18-8-5-17(6-9-18)14-19(28)13-16-3-1-15(2-4-16)7-10-20(29)21-26-11-12-27-21/h1-12H,13-14H2,(H,26,27)/b10-7+. The van der Waals surface area contributed by atoms with Crippen molar-refractivity contribution in [3.63, 3.8) is 0 Å². The highest BCUT2D eigenvalue weighted by Gasteiger charge is 2.29. The molecule has 4 nitrogen and oxygen atoms in total. The molecule has 1 heterocycles. The van der Waals surface area contributed by atoms with E-state index in [9.17, 15) is 22.8 Å². The monoisotopic (exact) mass is 398 g/mol. The number of nitrogens with one attached hydrogen (secondary N) is 1. The Bertz CT molecular complexity index is 1000. The van der Waals surface area contributed by atoms with E-state index in [1.54, 1.807) is 36.5 Å². The summed E-state index contributed by atoms with van der Waals surface area (Å²) in [6.45, 7) is 0. The van der Waals surface area contributed by atoms with Gasteiger partial charge in [-0.2, -0.15) is 13.2 Å². The van der Waals surface area contributed by atoms with E-state index in [1.807, 2.05) is 0 Å². The van der Waals surface area contributed by atoms with E-state index in [0.29, 0.717) is 5.56 Å². The summed E-state index contributed by atoms with van der Waals surface area (Å²) >= 11 is 0. The van der Waals surface area contributed by atoms with Crippen LogP contribution in [-0.2, 0) is 23.8 Å². The number of rotatable bonds is 7. The zero-order valence-corrected chi connectivity index (χ0v) is 15.2. The van der Waals surface area contributed by atoms with Crippen molar-refractivity contribution < 1.29 is 22.8 Å². The van der Waals surface area contributed by atoms with Crippen molar-refractivity contribution in [1.82, 2.24) is 9.97 Å². The van der Waals surface area contributed by atoms with Crippen molar-refractivity contribution in [3.8, 4) is 0 Å². The number of nitrogens with zero attached hydrogens (tertiary/aromatic N) is 1. The van der Waals surface area contributed by atoms with Crippen LogP contribution in [0.25, 0.3) is 6.08 Å². The van der Waals surface area contributed by atoms with E-state index in [0.717, 1.165) is 23.3 Å². The fraction of sp³-hybridized carbons (Fsp3) is 0.136. The third-order valence-corrected chi connectivity index (χ3v) is 4.22. The Labute approximate surface area is 165 Å². The number of hydrogen-bond donors (Lipinski definition) is 1. The number of carbonyl (C=O) groups is 2. The molecule has 0 radical (unpaired) electrons. The molecule has 0 aliphatic carbocycles. The Kier molecular flexibility index (Phi) is 6.07. The third kappa shape index (κ3) is 5.75. The van der Waals surface area contributed by atoms with Crippen molar-refractivity contribution in [2.45, 2.75) is 19.0 Å². The SMILES string of the molecule is O=C(Cc1ccc(/C=C/C(=O)c2ncc[nH]2)cc1)Cc1ccc(C(F)(F)F)cc1. The highest BCUT2D eigenvalue weighted by atomic mass is 19.4. The number of H-pyrrole nitrogens is 1. The minimum atomic E-state index is -4.39. The number of halogens is 3. The van der Waals surface area contributed by atoms with E-state index in [2.05, 4.69) is 9.97 Å². The molecule has 148 valence electrons. The Balaban J connectivity index is 1.55. The van der Waals surface area contributed by atoms with E-state index in [1.165, 1.54) is 24.4 Å². The fourth-order valence-corrected chi connectivity index (χ4v) is 2.73. The number of aromatic amines is 1. The molecule has 1 aromatic heterocycles. The Morgan fingerprint density at radius 3 is 2.03 bits per heavy atom. The molecule has 1 N–H and O–H groups in total. The van der Waals surface area contributed by atoms with Gasteiger partial charge in [0.05, 0.1) is 5.56 Å². The molecule has 0 unspecified atom stereocenters. The Morgan fingerprint density at radius 1 is 0.931 bits per heavy atom.